The first-order chi connectivity index (χ1) is 45.5. The summed E-state index contributed by atoms with van der Waals surface area (Å²) in [6.07, 6.45) is 106. The average Bonchev–Trinajstić information content (AvgIpc) is 3.77. The van der Waals surface area contributed by atoms with Gasteiger partial charge in [-0.1, -0.05) is 443 Å². The molecule has 2 atom stereocenters. The van der Waals surface area contributed by atoms with Gasteiger partial charge in [0.15, 0.2) is 0 Å². The Hall–Kier alpha value is -1.66. The van der Waals surface area contributed by atoms with Crippen LogP contribution in [0.5, 0.6) is 0 Å². The molecular formula is C86H167NO5. The molecule has 6 heteroatoms. The second-order valence-electron chi connectivity index (χ2n) is 29.5. The van der Waals surface area contributed by atoms with Gasteiger partial charge >= 0.3 is 5.97 Å². The molecule has 0 heterocycles. The summed E-state index contributed by atoms with van der Waals surface area (Å²) in [7, 11) is 0. The van der Waals surface area contributed by atoms with Gasteiger partial charge in [-0.25, -0.2) is 0 Å². The Morgan fingerprint density at radius 2 is 0.511 bits per heavy atom. The topological polar surface area (TPSA) is 95.9 Å². The highest BCUT2D eigenvalue weighted by Gasteiger charge is 2.18. The SMILES string of the molecule is CCCCCCCCC/C=C\CCCCCCCCCC(=O)OCCCCCCCCCCCCCCCCCCCCCCCCCCCCCCCCCCCCCC(=O)NC(CO)C(O)/C=C/CCCCCCCCCCCCCCCCCCCCCC. The third kappa shape index (κ3) is 77.3. The zero-order chi connectivity index (χ0) is 66.3. The minimum atomic E-state index is -0.842. The molecule has 0 saturated heterocycles. The molecule has 0 radical (unpaired) electrons. The van der Waals surface area contributed by atoms with Crippen molar-refractivity contribution in [3.8, 4) is 0 Å². The fourth-order valence-electron chi connectivity index (χ4n) is 13.8. The quantitative estimate of drug-likeness (QED) is 0.0320. The summed E-state index contributed by atoms with van der Waals surface area (Å²) in [5, 5.41) is 23.3. The molecule has 0 aliphatic heterocycles. The summed E-state index contributed by atoms with van der Waals surface area (Å²) in [6.45, 7) is 4.96. The van der Waals surface area contributed by atoms with Gasteiger partial charge in [0, 0.05) is 12.8 Å². The Morgan fingerprint density at radius 1 is 0.293 bits per heavy atom. The van der Waals surface area contributed by atoms with Crippen LogP contribution in [0.1, 0.15) is 489 Å². The van der Waals surface area contributed by atoms with Crippen molar-refractivity contribution in [2.24, 2.45) is 0 Å². The summed E-state index contributed by atoms with van der Waals surface area (Å²) in [5.41, 5.74) is 0. The van der Waals surface area contributed by atoms with Crippen LogP contribution in [0.4, 0.5) is 0 Å². The summed E-state index contributed by atoms with van der Waals surface area (Å²) < 4.78 is 5.52. The van der Waals surface area contributed by atoms with Crippen LogP contribution in [-0.4, -0.2) is 47.4 Å². The largest absolute Gasteiger partial charge is 0.466 e. The Labute approximate surface area is 577 Å². The highest BCUT2D eigenvalue weighted by atomic mass is 16.5. The molecule has 0 aromatic rings. The molecule has 0 aliphatic rings. The molecule has 0 fully saturated rings. The van der Waals surface area contributed by atoms with Crippen molar-refractivity contribution in [1.82, 2.24) is 5.32 Å². The molecule has 0 rings (SSSR count). The Morgan fingerprint density at radius 3 is 0.772 bits per heavy atom. The van der Waals surface area contributed by atoms with Gasteiger partial charge < -0.3 is 20.3 Å². The molecule has 0 saturated carbocycles. The van der Waals surface area contributed by atoms with Crippen LogP contribution in [0.15, 0.2) is 24.3 Å². The van der Waals surface area contributed by atoms with Crippen LogP contribution >= 0.6 is 0 Å². The van der Waals surface area contributed by atoms with E-state index in [1.54, 1.807) is 6.08 Å². The standard InChI is InChI=1S/C86H167NO5/c1-3-5-7-9-11-13-15-17-19-21-23-24-40-43-46-50-54-58-62-66-70-74-78-84(89)83(82-88)87-85(90)79-75-71-67-63-59-55-51-47-44-41-38-36-34-32-30-28-26-25-27-29-31-33-35-37-39-42-45-49-53-57-61-65-69-73-77-81-92-86(91)80-76-72-68-64-60-56-52-48-22-20-18-16-14-12-10-8-6-4-2/h20,22,74,78,83-84,88-89H,3-19,21,23-73,75-77,79-82H2,1-2H3,(H,87,90)/b22-20-,78-74+. The molecule has 2 unspecified atom stereocenters. The number of esters is 1. The lowest BCUT2D eigenvalue weighted by molar-refractivity contribution is -0.143. The lowest BCUT2D eigenvalue weighted by Gasteiger charge is -2.20. The number of hydrogen-bond acceptors (Lipinski definition) is 5. The predicted molar refractivity (Wildman–Crippen MR) is 407 cm³/mol. The summed E-state index contributed by atoms with van der Waals surface area (Å²) in [4.78, 5) is 24.7. The van der Waals surface area contributed by atoms with E-state index in [4.69, 9.17) is 4.74 Å². The normalized spacial score (nSPS) is 12.5. The second kappa shape index (κ2) is 81.8. The lowest BCUT2D eigenvalue weighted by atomic mass is 10.0. The monoisotopic (exact) mass is 1290 g/mol. The van der Waals surface area contributed by atoms with Gasteiger partial charge in [-0.2, -0.15) is 0 Å². The number of rotatable bonds is 81. The molecule has 0 bridgehead atoms. The first kappa shape index (κ1) is 90.3. The number of aliphatic hydroxyl groups is 2. The number of carbonyl (C=O) groups is 2. The van der Waals surface area contributed by atoms with Gasteiger partial charge in [0.2, 0.25) is 5.91 Å². The van der Waals surface area contributed by atoms with Crippen LogP contribution in [0, 0.1) is 0 Å². The zero-order valence-corrected chi connectivity index (χ0v) is 62.8. The molecule has 0 aromatic carbocycles. The first-order valence-corrected chi connectivity index (χ1v) is 42.6. The molecular weight excluding hydrogens is 1130 g/mol. The van der Waals surface area contributed by atoms with E-state index in [2.05, 4.69) is 31.3 Å². The van der Waals surface area contributed by atoms with Crippen molar-refractivity contribution in [2.75, 3.05) is 13.2 Å². The molecule has 92 heavy (non-hydrogen) atoms. The highest BCUT2D eigenvalue weighted by Crippen LogP contribution is 2.21. The van der Waals surface area contributed by atoms with Crippen molar-refractivity contribution in [3.63, 3.8) is 0 Å². The van der Waals surface area contributed by atoms with Crippen LogP contribution in [0.25, 0.3) is 0 Å². The number of allylic oxidation sites excluding steroid dienone is 3. The predicted octanol–water partition coefficient (Wildman–Crippen LogP) is 28.4. The maximum Gasteiger partial charge on any atom is 0.305 e. The minimum Gasteiger partial charge on any atom is -0.466 e. The van der Waals surface area contributed by atoms with E-state index in [9.17, 15) is 19.8 Å². The molecule has 1 amide bonds. The van der Waals surface area contributed by atoms with Crippen LogP contribution < -0.4 is 5.32 Å². The fraction of sp³-hybridized carbons (Fsp3) is 0.930. The molecule has 0 aromatic heterocycles. The molecule has 3 N–H and O–H groups in total. The second-order valence-corrected chi connectivity index (χ2v) is 29.5. The zero-order valence-electron chi connectivity index (χ0n) is 62.8. The van der Waals surface area contributed by atoms with Crippen LogP contribution in [0.2, 0.25) is 0 Å². The maximum atomic E-state index is 12.6. The van der Waals surface area contributed by atoms with Gasteiger partial charge in [0.25, 0.3) is 0 Å². The highest BCUT2D eigenvalue weighted by molar-refractivity contribution is 5.76. The Balaban J connectivity index is 3.32. The van der Waals surface area contributed by atoms with Crippen molar-refractivity contribution in [1.29, 1.82) is 0 Å². The van der Waals surface area contributed by atoms with E-state index in [-0.39, 0.29) is 18.5 Å². The first-order valence-electron chi connectivity index (χ1n) is 42.6. The Bertz CT molecular complexity index is 1450. The molecule has 0 spiro atoms. The summed E-state index contributed by atoms with van der Waals surface area (Å²) in [6, 6.07) is -0.625. The van der Waals surface area contributed by atoms with Crippen molar-refractivity contribution < 1.29 is 24.5 Å². The number of amides is 1. The van der Waals surface area contributed by atoms with Gasteiger partial charge in [0.1, 0.15) is 0 Å². The van der Waals surface area contributed by atoms with Crippen molar-refractivity contribution >= 4 is 11.9 Å². The van der Waals surface area contributed by atoms with E-state index in [0.29, 0.717) is 19.4 Å². The Kier molecular flexibility index (Phi) is 80.3. The third-order valence-electron chi connectivity index (χ3n) is 20.2. The van der Waals surface area contributed by atoms with Crippen LogP contribution in [0.3, 0.4) is 0 Å². The number of aliphatic hydroxyl groups excluding tert-OH is 2. The number of hydrogen-bond donors (Lipinski definition) is 3. The molecule has 6 nitrogen and oxygen atoms in total. The fourth-order valence-corrected chi connectivity index (χ4v) is 13.8. The van der Waals surface area contributed by atoms with Gasteiger partial charge in [-0.15, -0.1) is 0 Å². The average molecular weight is 1300 g/mol. The smallest absolute Gasteiger partial charge is 0.305 e. The van der Waals surface area contributed by atoms with E-state index < -0.39 is 12.1 Å². The van der Waals surface area contributed by atoms with Gasteiger partial charge in [-0.3, -0.25) is 9.59 Å². The summed E-state index contributed by atoms with van der Waals surface area (Å²) >= 11 is 0. The van der Waals surface area contributed by atoms with E-state index in [1.165, 1.54) is 424 Å². The van der Waals surface area contributed by atoms with E-state index in [1.807, 2.05) is 6.08 Å². The molecule has 546 valence electrons. The maximum absolute atomic E-state index is 12.6. The number of ether oxygens (including phenoxy) is 1. The minimum absolute atomic E-state index is 0.0207. The van der Waals surface area contributed by atoms with E-state index in [0.717, 1.165) is 38.5 Å². The van der Waals surface area contributed by atoms with E-state index >= 15 is 0 Å². The van der Waals surface area contributed by atoms with Crippen LogP contribution in [-0.2, 0) is 14.3 Å². The number of unbranched alkanes of at least 4 members (excludes halogenated alkanes) is 68. The van der Waals surface area contributed by atoms with Gasteiger partial charge in [-0.05, 0) is 57.8 Å². The van der Waals surface area contributed by atoms with Crippen molar-refractivity contribution in [2.45, 2.75) is 501 Å². The van der Waals surface area contributed by atoms with Gasteiger partial charge in [0.05, 0.1) is 25.4 Å². The third-order valence-corrected chi connectivity index (χ3v) is 20.2. The molecule has 0 aliphatic carbocycles. The van der Waals surface area contributed by atoms with Crippen molar-refractivity contribution in [3.05, 3.63) is 24.3 Å². The summed E-state index contributed by atoms with van der Waals surface area (Å²) in [5.74, 6) is -0.0366. The number of carbonyl (C=O) groups excluding carboxylic acids is 2. The number of nitrogens with one attached hydrogen (secondary N) is 1. The lowest BCUT2D eigenvalue weighted by Crippen LogP contribution is -2.45.